The zero-order valence-corrected chi connectivity index (χ0v) is 13.1. The van der Waals surface area contributed by atoms with E-state index in [1.165, 1.54) is 0 Å². The minimum absolute atomic E-state index is 0.114. The summed E-state index contributed by atoms with van der Waals surface area (Å²) < 4.78 is 5.55. The number of aromatic nitrogens is 2. The second-order valence-corrected chi connectivity index (χ2v) is 5.24. The fraction of sp³-hybridized carbons (Fsp3) is 0.733. The minimum Gasteiger partial charge on any atom is -0.478 e. The topological polar surface area (TPSA) is 67.3 Å². The molecule has 1 heterocycles. The molecule has 0 saturated carbocycles. The molecule has 0 atom stereocenters. The second kappa shape index (κ2) is 8.04. The number of hydrogen-bond donors (Lipinski definition) is 2. The monoisotopic (exact) mass is 281 g/mol. The van der Waals surface area contributed by atoms with Crippen molar-refractivity contribution in [2.24, 2.45) is 5.41 Å². The van der Waals surface area contributed by atoms with Crippen LogP contribution in [0.4, 0.5) is 5.95 Å². The summed E-state index contributed by atoms with van der Waals surface area (Å²) in [6.07, 6.45) is 2.78. The Morgan fingerprint density at radius 1 is 1.25 bits per heavy atom. The summed E-state index contributed by atoms with van der Waals surface area (Å²) in [6, 6.07) is 1.83. The van der Waals surface area contributed by atoms with Crippen molar-refractivity contribution in [3.05, 3.63) is 11.8 Å². The van der Waals surface area contributed by atoms with Crippen LogP contribution in [-0.2, 0) is 0 Å². The SMILES string of the molecule is CCCOc1cc(C)nc(NCC(CC)(CC)CO)n1. The molecule has 0 saturated heterocycles. The highest BCUT2D eigenvalue weighted by Gasteiger charge is 2.25. The standard InChI is InChI=1S/C15H27N3O2/c1-5-8-20-13-9-12(4)17-14(18-13)16-10-15(6-2,7-3)11-19/h9,19H,5-8,10-11H2,1-4H3,(H,16,17,18). The lowest BCUT2D eigenvalue weighted by molar-refractivity contribution is 0.127. The molecule has 0 spiro atoms. The van der Waals surface area contributed by atoms with Gasteiger partial charge in [0, 0.05) is 23.7 Å². The Kier molecular flexibility index (Phi) is 6.71. The van der Waals surface area contributed by atoms with E-state index < -0.39 is 0 Å². The smallest absolute Gasteiger partial charge is 0.226 e. The van der Waals surface area contributed by atoms with Crippen molar-refractivity contribution >= 4 is 5.95 Å². The average Bonchev–Trinajstić information content (AvgIpc) is 2.47. The summed E-state index contributed by atoms with van der Waals surface area (Å²) >= 11 is 0. The van der Waals surface area contributed by atoms with Gasteiger partial charge >= 0.3 is 0 Å². The normalized spacial score (nSPS) is 11.4. The third-order valence-electron chi connectivity index (χ3n) is 3.74. The van der Waals surface area contributed by atoms with Gasteiger partial charge in [0.1, 0.15) is 0 Å². The first-order valence-electron chi connectivity index (χ1n) is 7.42. The molecule has 0 unspecified atom stereocenters. The third-order valence-corrected chi connectivity index (χ3v) is 3.74. The molecule has 0 amide bonds. The number of nitrogens with zero attached hydrogens (tertiary/aromatic N) is 2. The number of ether oxygens (including phenoxy) is 1. The Morgan fingerprint density at radius 2 is 1.95 bits per heavy atom. The first kappa shape index (κ1) is 16.7. The molecule has 0 aliphatic carbocycles. The molecule has 20 heavy (non-hydrogen) atoms. The first-order valence-corrected chi connectivity index (χ1v) is 7.42. The molecular formula is C15H27N3O2. The Morgan fingerprint density at radius 3 is 2.50 bits per heavy atom. The van der Waals surface area contributed by atoms with E-state index in [-0.39, 0.29) is 12.0 Å². The van der Waals surface area contributed by atoms with Crippen molar-refractivity contribution < 1.29 is 9.84 Å². The van der Waals surface area contributed by atoms with Crippen molar-refractivity contribution in [2.75, 3.05) is 25.1 Å². The molecule has 0 aliphatic heterocycles. The Labute approximate surface area is 121 Å². The molecular weight excluding hydrogens is 254 g/mol. The van der Waals surface area contributed by atoms with Crippen molar-refractivity contribution in [3.8, 4) is 5.88 Å². The molecule has 2 N–H and O–H groups in total. The van der Waals surface area contributed by atoms with Crippen LogP contribution in [-0.4, -0.2) is 34.8 Å². The molecule has 0 bridgehead atoms. The summed E-state index contributed by atoms with van der Waals surface area (Å²) in [7, 11) is 0. The molecule has 0 radical (unpaired) electrons. The molecule has 5 heteroatoms. The Balaban J connectivity index is 2.74. The Hall–Kier alpha value is -1.36. The predicted octanol–water partition coefficient (Wildman–Crippen LogP) is 2.78. The van der Waals surface area contributed by atoms with Gasteiger partial charge in [0.2, 0.25) is 11.8 Å². The van der Waals surface area contributed by atoms with E-state index in [1.807, 2.05) is 13.0 Å². The molecule has 0 aliphatic rings. The maximum absolute atomic E-state index is 9.57. The van der Waals surface area contributed by atoms with Crippen LogP contribution in [0, 0.1) is 12.3 Å². The quantitative estimate of drug-likeness (QED) is 0.728. The second-order valence-electron chi connectivity index (χ2n) is 5.24. The van der Waals surface area contributed by atoms with E-state index >= 15 is 0 Å². The molecule has 1 aromatic heterocycles. The maximum Gasteiger partial charge on any atom is 0.226 e. The zero-order valence-electron chi connectivity index (χ0n) is 13.1. The van der Waals surface area contributed by atoms with Crippen LogP contribution in [0.3, 0.4) is 0 Å². The fourth-order valence-corrected chi connectivity index (χ4v) is 1.95. The van der Waals surface area contributed by atoms with Crippen LogP contribution < -0.4 is 10.1 Å². The summed E-state index contributed by atoms with van der Waals surface area (Å²) in [5.74, 6) is 1.17. The van der Waals surface area contributed by atoms with Gasteiger partial charge < -0.3 is 15.2 Å². The maximum atomic E-state index is 9.57. The van der Waals surface area contributed by atoms with E-state index in [4.69, 9.17) is 4.74 Å². The molecule has 114 valence electrons. The van der Waals surface area contributed by atoms with Crippen molar-refractivity contribution in [1.29, 1.82) is 0 Å². The average molecular weight is 281 g/mol. The minimum atomic E-state index is -0.114. The highest BCUT2D eigenvalue weighted by atomic mass is 16.5. The van der Waals surface area contributed by atoms with Gasteiger partial charge in [-0.05, 0) is 26.2 Å². The van der Waals surface area contributed by atoms with E-state index in [0.29, 0.717) is 25.0 Å². The van der Waals surface area contributed by atoms with Crippen LogP contribution in [0.2, 0.25) is 0 Å². The zero-order chi connectivity index (χ0) is 15.0. The predicted molar refractivity (Wildman–Crippen MR) is 81.1 cm³/mol. The molecule has 0 aromatic carbocycles. The number of aliphatic hydroxyl groups excluding tert-OH is 1. The van der Waals surface area contributed by atoms with Gasteiger partial charge in [-0.3, -0.25) is 0 Å². The largest absolute Gasteiger partial charge is 0.478 e. The fourth-order valence-electron chi connectivity index (χ4n) is 1.95. The number of anilines is 1. The van der Waals surface area contributed by atoms with Gasteiger partial charge in [-0.15, -0.1) is 0 Å². The lowest BCUT2D eigenvalue weighted by Crippen LogP contribution is -2.32. The molecule has 1 aromatic rings. The van der Waals surface area contributed by atoms with Gasteiger partial charge in [-0.2, -0.15) is 4.98 Å². The van der Waals surface area contributed by atoms with Gasteiger partial charge in [0.05, 0.1) is 13.2 Å². The van der Waals surface area contributed by atoms with Crippen LogP contribution >= 0.6 is 0 Å². The van der Waals surface area contributed by atoms with Gasteiger partial charge in [-0.25, -0.2) is 4.98 Å². The van der Waals surface area contributed by atoms with Crippen LogP contribution in [0.1, 0.15) is 45.7 Å². The molecule has 1 rings (SSSR count). The number of hydrogen-bond acceptors (Lipinski definition) is 5. The lowest BCUT2D eigenvalue weighted by Gasteiger charge is -2.29. The van der Waals surface area contributed by atoms with Crippen molar-refractivity contribution in [1.82, 2.24) is 9.97 Å². The Bertz CT molecular complexity index is 398. The lowest BCUT2D eigenvalue weighted by atomic mass is 9.83. The van der Waals surface area contributed by atoms with Crippen LogP contribution in [0.15, 0.2) is 6.07 Å². The van der Waals surface area contributed by atoms with Crippen molar-refractivity contribution in [2.45, 2.75) is 47.0 Å². The first-order chi connectivity index (χ1) is 9.59. The number of rotatable bonds is 9. The van der Waals surface area contributed by atoms with Gasteiger partial charge in [-0.1, -0.05) is 20.8 Å². The molecule has 5 nitrogen and oxygen atoms in total. The highest BCUT2D eigenvalue weighted by Crippen LogP contribution is 2.25. The highest BCUT2D eigenvalue weighted by molar-refractivity contribution is 5.31. The van der Waals surface area contributed by atoms with Gasteiger partial charge in [0.25, 0.3) is 0 Å². The van der Waals surface area contributed by atoms with E-state index in [2.05, 4.69) is 36.1 Å². The van der Waals surface area contributed by atoms with E-state index in [0.717, 1.165) is 25.0 Å². The van der Waals surface area contributed by atoms with E-state index in [9.17, 15) is 5.11 Å². The van der Waals surface area contributed by atoms with E-state index in [1.54, 1.807) is 0 Å². The number of aryl methyl sites for hydroxylation is 1. The summed E-state index contributed by atoms with van der Waals surface area (Å²) in [5, 5.41) is 12.8. The van der Waals surface area contributed by atoms with Crippen molar-refractivity contribution in [3.63, 3.8) is 0 Å². The summed E-state index contributed by atoms with van der Waals surface area (Å²) in [4.78, 5) is 8.72. The van der Waals surface area contributed by atoms with Crippen LogP contribution in [0.25, 0.3) is 0 Å². The van der Waals surface area contributed by atoms with Gasteiger partial charge in [0.15, 0.2) is 0 Å². The molecule has 0 fully saturated rings. The van der Waals surface area contributed by atoms with Crippen LogP contribution in [0.5, 0.6) is 5.88 Å². The summed E-state index contributed by atoms with van der Waals surface area (Å²) in [5.41, 5.74) is 0.758. The number of aliphatic hydroxyl groups is 1. The third kappa shape index (κ3) is 4.63. The summed E-state index contributed by atoms with van der Waals surface area (Å²) in [6.45, 7) is 9.64. The number of nitrogens with one attached hydrogen (secondary N) is 1.